The summed E-state index contributed by atoms with van der Waals surface area (Å²) in [6, 6.07) is 4.93. The first-order chi connectivity index (χ1) is 12.8. The molecular weight excluding hydrogens is 386 g/mol. The third-order valence-electron chi connectivity index (χ3n) is 4.40. The van der Waals surface area contributed by atoms with Gasteiger partial charge < -0.3 is 10.7 Å². The topological polar surface area (TPSA) is 58.9 Å². The van der Waals surface area contributed by atoms with Gasteiger partial charge >= 0.3 is 0 Å². The van der Waals surface area contributed by atoms with Crippen LogP contribution in [0.1, 0.15) is 96.8 Å². The van der Waals surface area contributed by atoms with E-state index in [4.69, 9.17) is 5.73 Å². The molecule has 0 amide bonds. The number of aromatic amines is 1. The van der Waals surface area contributed by atoms with Crippen molar-refractivity contribution in [3.05, 3.63) is 46.9 Å². The zero-order valence-electron chi connectivity index (χ0n) is 17.8. The Kier molecular flexibility index (Phi) is 26.7. The van der Waals surface area contributed by atoms with Crippen LogP contribution in [0, 0.1) is 0 Å². The zero-order chi connectivity index (χ0) is 19.1. The zero-order valence-corrected chi connectivity index (χ0v) is 20.7. The minimum absolute atomic E-state index is 0. The molecule has 4 heteroatoms. The average Bonchev–Trinajstić information content (AvgIpc) is 2.66. The van der Waals surface area contributed by atoms with E-state index in [1.807, 2.05) is 0 Å². The molecule has 1 aromatic heterocycles. The minimum atomic E-state index is -0.0532. The summed E-state index contributed by atoms with van der Waals surface area (Å²) in [6.07, 6.45) is 25.5. The van der Waals surface area contributed by atoms with Gasteiger partial charge in [-0.1, -0.05) is 82.9 Å². The molecule has 27 heavy (non-hydrogen) atoms. The summed E-state index contributed by atoms with van der Waals surface area (Å²) in [5.74, 6) is 0. The molecule has 3 nitrogen and oxygen atoms in total. The maximum absolute atomic E-state index is 10.2. The van der Waals surface area contributed by atoms with E-state index < -0.39 is 0 Å². The van der Waals surface area contributed by atoms with Crippen LogP contribution in [0.15, 0.2) is 41.3 Å². The number of allylic oxidation sites excluding steroid dienone is 2. The summed E-state index contributed by atoms with van der Waals surface area (Å²) in [5, 5.41) is 0. The number of H-pyrrole nitrogens is 1. The van der Waals surface area contributed by atoms with Crippen molar-refractivity contribution in [2.75, 3.05) is 6.54 Å². The Hall–Kier alpha value is -0.727. The minimum Gasteiger partial charge on any atom is -0.330 e. The monoisotopic (exact) mass is 426 g/mol. The van der Waals surface area contributed by atoms with Crippen molar-refractivity contribution in [3.63, 3.8) is 0 Å². The predicted molar refractivity (Wildman–Crippen MR) is 116 cm³/mol. The van der Waals surface area contributed by atoms with Crippen molar-refractivity contribution in [2.45, 2.75) is 96.8 Å². The molecule has 0 aliphatic heterocycles. The molecule has 0 fully saturated rings. The second-order valence-electron chi connectivity index (χ2n) is 6.95. The van der Waals surface area contributed by atoms with Gasteiger partial charge in [-0.25, -0.2) is 0 Å². The Balaban J connectivity index is 0. The van der Waals surface area contributed by atoms with Gasteiger partial charge in [0.1, 0.15) is 0 Å². The summed E-state index contributed by atoms with van der Waals surface area (Å²) < 4.78 is 0. The fourth-order valence-electron chi connectivity index (χ4n) is 2.77. The van der Waals surface area contributed by atoms with Crippen LogP contribution in [-0.2, 0) is 19.5 Å². The van der Waals surface area contributed by atoms with Crippen LogP contribution in [-0.4, -0.2) is 11.5 Å². The standard InChI is InChI=1S/C18H37N.C5H5NO.Zn/c1-2-3-4-5-6-7-8-9-10-11-12-13-14-15-16-17-18-19;7-5-3-1-2-4-6-5;/h9-10H,2-8,11-19H2,1H3;1-4H,(H,6,7);/b10-9-;;. The number of nitrogens with two attached hydrogens (primary N) is 1. The molecule has 1 rings (SSSR count). The Morgan fingerprint density at radius 1 is 0.815 bits per heavy atom. The van der Waals surface area contributed by atoms with Crippen LogP contribution in [0.2, 0.25) is 0 Å². The van der Waals surface area contributed by atoms with E-state index in [2.05, 4.69) is 24.1 Å². The molecule has 0 saturated heterocycles. The SMILES string of the molecule is CCCCCCCC/C=C\CCCCCCCCN.O=c1cccc[nH]1.[Zn]. The van der Waals surface area contributed by atoms with Gasteiger partial charge in [0.15, 0.2) is 0 Å². The van der Waals surface area contributed by atoms with Crippen molar-refractivity contribution in [1.29, 1.82) is 0 Å². The molecule has 0 spiro atoms. The van der Waals surface area contributed by atoms with Gasteiger partial charge in [-0.2, -0.15) is 0 Å². The van der Waals surface area contributed by atoms with E-state index in [0.717, 1.165) is 6.54 Å². The molecule has 152 valence electrons. The van der Waals surface area contributed by atoms with E-state index in [1.54, 1.807) is 18.3 Å². The molecule has 0 aliphatic carbocycles. The Bertz CT molecular complexity index is 442. The van der Waals surface area contributed by atoms with Crippen LogP contribution in [0.5, 0.6) is 0 Å². The van der Waals surface area contributed by atoms with E-state index in [9.17, 15) is 4.79 Å². The molecule has 0 atom stereocenters. The number of hydrogen-bond acceptors (Lipinski definition) is 2. The fraction of sp³-hybridized carbons (Fsp3) is 0.696. The van der Waals surface area contributed by atoms with Crippen molar-refractivity contribution in [3.8, 4) is 0 Å². The first kappa shape index (κ1) is 28.5. The summed E-state index contributed by atoms with van der Waals surface area (Å²) >= 11 is 0. The second-order valence-corrected chi connectivity index (χ2v) is 6.95. The normalized spacial score (nSPS) is 10.3. The molecule has 0 saturated carbocycles. The number of rotatable bonds is 15. The van der Waals surface area contributed by atoms with Crippen molar-refractivity contribution < 1.29 is 19.5 Å². The van der Waals surface area contributed by atoms with Crippen LogP contribution < -0.4 is 11.3 Å². The molecule has 3 N–H and O–H groups in total. The van der Waals surface area contributed by atoms with Gasteiger partial charge in [-0.15, -0.1) is 0 Å². The van der Waals surface area contributed by atoms with Gasteiger partial charge in [0.05, 0.1) is 0 Å². The summed E-state index contributed by atoms with van der Waals surface area (Å²) in [6.45, 7) is 3.14. The largest absolute Gasteiger partial charge is 0.330 e. The van der Waals surface area contributed by atoms with E-state index in [0.29, 0.717) is 0 Å². The molecule has 0 bridgehead atoms. The van der Waals surface area contributed by atoms with Crippen molar-refractivity contribution in [2.24, 2.45) is 5.73 Å². The molecule has 0 unspecified atom stereocenters. The number of nitrogens with one attached hydrogen (secondary N) is 1. The third kappa shape index (κ3) is 25.3. The third-order valence-corrected chi connectivity index (χ3v) is 4.40. The van der Waals surface area contributed by atoms with Crippen molar-refractivity contribution in [1.82, 2.24) is 4.98 Å². The van der Waals surface area contributed by atoms with Crippen molar-refractivity contribution >= 4 is 0 Å². The maximum atomic E-state index is 10.2. The van der Waals surface area contributed by atoms with Gasteiger partial charge in [0.2, 0.25) is 5.56 Å². The van der Waals surface area contributed by atoms with Gasteiger partial charge in [0.25, 0.3) is 0 Å². The number of unbranched alkanes of at least 4 members (excludes halogenated alkanes) is 12. The number of hydrogen-bond donors (Lipinski definition) is 2. The molecular formula is C23H42N2OZn. The Labute approximate surface area is 180 Å². The predicted octanol–water partition coefficient (Wildman–Crippen LogP) is 6.36. The van der Waals surface area contributed by atoms with Gasteiger partial charge in [-0.05, 0) is 44.7 Å². The number of aromatic nitrogens is 1. The molecule has 0 aromatic carbocycles. The van der Waals surface area contributed by atoms with Gasteiger partial charge in [-0.3, -0.25) is 4.79 Å². The number of pyridine rings is 1. The fourth-order valence-corrected chi connectivity index (χ4v) is 2.77. The van der Waals surface area contributed by atoms with Crippen LogP contribution >= 0.6 is 0 Å². The molecule has 1 heterocycles. The van der Waals surface area contributed by atoms with Gasteiger partial charge in [0, 0.05) is 31.7 Å². The molecule has 1 aromatic rings. The smallest absolute Gasteiger partial charge is 0.247 e. The van der Waals surface area contributed by atoms with E-state index in [1.165, 1.54) is 96.0 Å². The summed E-state index contributed by atoms with van der Waals surface area (Å²) in [7, 11) is 0. The van der Waals surface area contributed by atoms with Crippen LogP contribution in [0.4, 0.5) is 0 Å². The Morgan fingerprint density at radius 2 is 1.33 bits per heavy atom. The molecule has 0 radical (unpaired) electrons. The summed E-state index contributed by atoms with van der Waals surface area (Å²) in [4.78, 5) is 12.7. The second kappa shape index (κ2) is 25.3. The Morgan fingerprint density at radius 3 is 1.74 bits per heavy atom. The first-order valence-electron chi connectivity index (χ1n) is 10.8. The van der Waals surface area contributed by atoms with E-state index >= 15 is 0 Å². The quantitative estimate of drug-likeness (QED) is 0.194. The molecule has 0 aliphatic rings. The average molecular weight is 428 g/mol. The first-order valence-corrected chi connectivity index (χ1v) is 10.8. The van der Waals surface area contributed by atoms with Crippen LogP contribution in [0.25, 0.3) is 0 Å². The van der Waals surface area contributed by atoms with Crippen LogP contribution in [0.3, 0.4) is 0 Å². The maximum Gasteiger partial charge on any atom is 0.247 e. The summed E-state index contributed by atoms with van der Waals surface area (Å²) in [5.41, 5.74) is 5.42. The van der Waals surface area contributed by atoms with E-state index in [-0.39, 0.29) is 25.0 Å².